The fraction of sp³-hybridized carbons (Fsp3) is 0.571. The Morgan fingerprint density at radius 1 is 1.24 bits per heavy atom. The average Bonchev–Trinajstić information content (AvgIpc) is 2.27. The van der Waals surface area contributed by atoms with Crippen LogP contribution in [0.25, 0.3) is 0 Å². The van der Waals surface area contributed by atoms with Crippen LogP contribution in [0.2, 0.25) is 0 Å². The minimum atomic E-state index is -0.120. The van der Waals surface area contributed by atoms with Crippen molar-refractivity contribution in [1.82, 2.24) is 10.6 Å². The van der Waals surface area contributed by atoms with Crippen LogP contribution in [-0.4, -0.2) is 19.1 Å². The quantitative estimate of drug-likeness (QED) is 0.714. The molecule has 3 heteroatoms. The maximum atomic E-state index is 13.3. The molecular formula is C14H23FN2. The van der Waals surface area contributed by atoms with Crippen LogP contribution in [0.15, 0.2) is 18.2 Å². The molecule has 17 heavy (non-hydrogen) atoms. The van der Waals surface area contributed by atoms with Crippen LogP contribution >= 0.6 is 0 Å². The van der Waals surface area contributed by atoms with Gasteiger partial charge in [-0.05, 0) is 43.6 Å². The monoisotopic (exact) mass is 238 g/mol. The second-order valence-electron chi connectivity index (χ2n) is 4.72. The first-order valence-electron chi connectivity index (χ1n) is 6.28. The molecule has 0 aliphatic rings. The zero-order valence-electron chi connectivity index (χ0n) is 11.0. The third kappa shape index (κ3) is 5.80. The van der Waals surface area contributed by atoms with E-state index in [-0.39, 0.29) is 5.82 Å². The van der Waals surface area contributed by atoms with Crippen molar-refractivity contribution in [1.29, 1.82) is 0 Å². The first-order valence-corrected chi connectivity index (χ1v) is 6.28. The number of aryl methyl sites for hydroxylation is 1. The van der Waals surface area contributed by atoms with Gasteiger partial charge in [-0.1, -0.05) is 26.0 Å². The smallest absolute Gasteiger partial charge is 0.126 e. The average molecular weight is 238 g/mol. The summed E-state index contributed by atoms with van der Waals surface area (Å²) in [5.74, 6) is -0.120. The van der Waals surface area contributed by atoms with Crippen molar-refractivity contribution in [3.8, 4) is 0 Å². The van der Waals surface area contributed by atoms with Crippen LogP contribution in [0, 0.1) is 12.7 Å². The van der Waals surface area contributed by atoms with E-state index in [1.54, 1.807) is 13.0 Å². The summed E-state index contributed by atoms with van der Waals surface area (Å²) in [7, 11) is 0. The van der Waals surface area contributed by atoms with Gasteiger partial charge in [0, 0.05) is 12.6 Å². The minimum Gasteiger partial charge on any atom is -0.314 e. The molecule has 0 aliphatic heterocycles. The molecule has 0 atom stereocenters. The largest absolute Gasteiger partial charge is 0.314 e. The van der Waals surface area contributed by atoms with E-state index < -0.39 is 0 Å². The van der Waals surface area contributed by atoms with Gasteiger partial charge in [0.05, 0.1) is 0 Å². The van der Waals surface area contributed by atoms with E-state index in [1.165, 1.54) is 0 Å². The van der Waals surface area contributed by atoms with Crippen LogP contribution < -0.4 is 10.6 Å². The lowest BCUT2D eigenvalue weighted by molar-refractivity contribution is 0.546. The summed E-state index contributed by atoms with van der Waals surface area (Å²) in [5.41, 5.74) is 1.71. The molecule has 0 saturated heterocycles. The molecular weight excluding hydrogens is 215 g/mol. The van der Waals surface area contributed by atoms with Crippen molar-refractivity contribution >= 4 is 0 Å². The van der Waals surface area contributed by atoms with E-state index in [9.17, 15) is 4.39 Å². The molecule has 2 N–H and O–H groups in total. The molecule has 0 bridgehead atoms. The molecule has 0 fully saturated rings. The van der Waals surface area contributed by atoms with Gasteiger partial charge in [-0.2, -0.15) is 0 Å². The number of halogens is 1. The van der Waals surface area contributed by atoms with E-state index in [2.05, 4.69) is 24.5 Å². The molecule has 0 unspecified atom stereocenters. The zero-order valence-corrected chi connectivity index (χ0v) is 11.0. The highest BCUT2D eigenvalue weighted by molar-refractivity contribution is 5.23. The zero-order chi connectivity index (χ0) is 12.7. The number of hydrogen-bond acceptors (Lipinski definition) is 2. The van der Waals surface area contributed by atoms with Gasteiger partial charge in [-0.3, -0.25) is 0 Å². The second-order valence-corrected chi connectivity index (χ2v) is 4.72. The van der Waals surface area contributed by atoms with Gasteiger partial charge in [-0.25, -0.2) is 4.39 Å². The van der Waals surface area contributed by atoms with Crippen LogP contribution in [0.1, 0.15) is 31.4 Å². The fourth-order valence-corrected chi connectivity index (χ4v) is 1.58. The standard InChI is InChI=1S/C14H23FN2/c1-11(2)17-8-4-7-16-10-13-6-5-12(3)14(15)9-13/h5-6,9,11,16-17H,4,7-8,10H2,1-3H3. The molecule has 0 heterocycles. The molecule has 2 nitrogen and oxygen atoms in total. The van der Waals surface area contributed by atoms with Gasteiger partial charge in [0.25, 0.3) is 0 Å². The Bertz CT molecular complexity index is 337. The van der Waals surface area contributed by atoms with Gasteiger partial charge < -0.3 is 10.6 Å². The van der Waals surface area contributed by atoms with Crippen molar-refractivity contribution in [3.05, 3.63) is 35.1 Å². The van der Waals surface area contributed by atoms with Crippen molar-refractivity contribution in [2.45, 2.75) is 39.8 Å². The van der Waals surface area contributed by atoms with Crippen molar-refractivity contribution in [2.75, 3.05) is 13.1 Å². The van der Waals surface area contributed by atoms with E-state index in [0.717, 1.165) is 31.6 Å². The Labute approximate surface area is 104 Å². The summed E-state index contributed by atoms with van der Waals surface area (Å²) in [4.78, 5) is 0. The van der Waals surface area contributed by atoms with Crippen LogP contribution in [0.3, 0.4) is 0 Å². The summed E-state index contributed by atoms with van der Waals surface area (Å²) in [6.45, 7) is 8.77. The SMILES string of the molecule is Cc1ccc(CNCCCNC(C)C)cc1F. The summed E-state index contributed by atoms with van der Waals surface area (Å²) in [5, 5.41) is 6.68. The Hall–Kier alpha value is -0.930. The lowest BCUT2D eigenvalue weighted by Gasteiger charge is -2.09. The first-order chi connectivity index (χ1) is 8.09. The molecule has 96 valence electrons. The van der Waals surface area contributed by atoms with Crippen LogP contribution in [-0.2, 0) is 6.54 Å². The maximum Gasteiger partial charge on any atom is 0.126 e. The highest BCUT2D eigenvalue weighted by atomic mass is 19.1. The maximum absolute atomic E-state index is 13.3. The van der Waals surface area contributed by atoms with Crippen molar-refractivity contribution < 1.29 is 4.39 Å². The number of hydrogen-bond donors (Lipinski definition) is 2. The molecule has 0 saturated carbocycles. The second kappa shape index (κ2) is 7.41. The predicted molar refractivity (Wildman–Crippen MR) is 70.6 cm³/mol. The van der Waals surface area contributed by atoms with Gasteiger partial charge >= 0.3 is 0 Å². The lowest BCUT2D eigenvalue weighted by atomic mass is 10.1. The molecule has 1 aromatic rings. The summed E-state index contributed by atoms with van der Waals surface area (Å²) in [6, 6.07) is 5.94. The van der Waals surface area contributed by atoms with Crippen molar-refractivity contribution in [2.24, 2.45) is 0 Å². The Morgan fingerprint density at radius 2 is 2.00 bits per heavy atom. The molecule has 1 aromatic carbocycles. The summed E-state index contributed by atoms with van der Waals surface area (Å²) in [6.07, 6.45) is 1.09. The Balaban J connectivity index is 2.16. The highest BCUT2D eigenvalue weighted by Crippen LogP contribution is 2.08. The number of rotatable bonds is 7. The molecule has 0 aromatic heterocycles. The van der Waals surface area contributed by atoms with Crippen LogP contribution in [0.5, 0.6) is 0 Å². The summed E-state index contributed by atoms with van der Waals surface area (Å²) < 4.78 is 13.3. The molecule has 0 spiro atoms. The minimum absolute atomic E-state index is 0.120. The van der Waals surface area contributed by atoms with Gasteiger partial charge in [0.1, 0.15) is 5.82 Å². The number of nitrogens with one attached hydrogen (secondary N) is 2. The van der Waals surface area contributed by atoms with Gasteiger partial charge in [-0.15, -0.1) is 0 Å². The highest BCUT2D eigenvalue weighted by Gasteiger charge is 1.99. The topological polar surface area (TPSA) is 24.1 Å². The first kappa shape index (κ1) is 14.1. The van der Waals surface area contributed by atoms with Gasteiger partial charge in [0.15, 0.2) is 0 Å². The Morgan fingerprint density at radius 3 is 2.65 bits per heavy atom. The third-order valence-corrected chi connectivity index (χ3v) is 2.65. The van der Waals surface area contributed by atoms with E-state index in [0.29, 0.717) is 11.6 Å². The fourth-order valence-electron chi connectivity index (χ4n) is 1.58. The van der Waals surface area contributed by atoms with E-state index in [1.807, 2.05) is 12.1 Å². The predicted octanol–water partition coefficient (Wildman–Crippen LogP) is 2.61. The Kier molecular flexibility index (Phi) is 6.16. The molecule has 0 aliphatic carbocycles. The van der Waals surface area contributed by atoms with Gasteiger partial charge in [0.2, 0.25) is 0 Å². The number of benzene rings is 1. The van der Waals surface area contributed by atoms with Crippen molar-refractivity contribution in [3.63, 3.8) is 0 Å². The van der Waals surface area contributed by atoms with E-state index in [4.69, 9.17) is 0 Å². The normalized spacial score (nSPS) is 11.1. The molecule has 0 radical (unpaired) electrons. The summed E-state index contributed by atoms with van der Waals surface area (Å²) >= 11 is 0. The van der Waals surface area contributed by atoms with E-state index >= 15 is 0 Å². The molecule has 1 rings (SSSR count). The third-order valence-electron chi connectivity index (χ3n) is 2.65. The van der Waals surface area contributed by atoms with Crippen LogP contribution in [0.4, 0.5) is 4.39 Å². The molecule has 0 amide bonds. The lowest BCUT2D eigenvalue weighted by Crippen LogP contribution is -2.26.